The molecule has 1 saturated heterocycles. The Kier molecular flexibility index (Phi) is 6.75. The van der Waals surface area contributed by atoms with Crippen molar-refractivity contribution in [2.75, 3.05) is 35.0 Å². The summed E-state index contributed by atoms with van der Waals surface area (Å²) < 4.78 is 65.2. The van der Waals surface area contributed by atoms with Crippen LogP contribution in [0.25, 0.3) is 0 Å². The normalized spacial score (nSPS) is 15.9. The number of nitrogens with zero attached hydrogens (tertiary/aromatic N) is 1. The highest BCUT2D eigenvalue weighted by atomic mass is 32.2. The monoisotopic (exact) mass is 468 g/mol. The van der Waals surface area contributed by atoms with Crippen molar-refractivity contribution in [3.05, 3.63) is 48.0 Å². The third-order valence-electron chi connectivity index (χ3n) is 4.73. The van der Waals surface area contributed by atoms with Crippen LogP contribution in [-0.2, 0) is 24.8 Å². The van der Waals surface area contributed by atoms with Crippen molar-refractivity contribution in [1.29, 1.82) is 0 Å². The third kappa shape index (κ3) is 4.93. The lowest BCUT2D eigenvalue weighted by molar-refractivity contribution is 0.0602. The quantitative estimate of drug-likeness (QED) is 0.620. The zero-order valence-electron chi connectivity index (χ0n) is 17.2. The highest BCUT2D eigenvalue weighted by Crippen LogP contribution is 2.33. The lowest BCUT2D eigenvalue weighted by Gasteiger charge is -2.29. The van der Waals surface area contributed by atoms with Gasteiger partial charge in [-0.2, -0.15) is 0 Å². The smallest absolute Gasteiger partial charge is 0.339 e. The molecule has 2 aromatic rings. The van der Waals surface area contributed by atoms with Gasteiger partial charge in [0.15, 0.2) is 0 Å². The fourth-order valence-electron chi connectivity index (χ4n) is 3.28. The van der Waals surface area contributed by atoms with Gasteiger partial charge in [-0.1, -0.05) is 12.1 Å². The Morgan fingerprint density at radius 2 is 1.90 bits per heavy atom. The van der Waals surface area contributed by atoms with Crippen LogP contribution in [0.2, 0.25) is 0 Å². The predicted molar refractivity (Wildman–Crippen MR) is 117 cm³/mol. The Morgan fingerprint density at radius 1 is 1.16 bits per heavy atom. The largest absolute Gasteiger partial charge is 0.492 e. The molecule has 2 aromatic carbocycles. The molecule has 0 radical (unpaired) electrons. The van der Waals surface area contributed by atoms with Crippen molar-refractivity contribution in [1.82, 2.24) is 0 Å². The summed E-state index contributed by atoms with van der Waals surface area (Å²) in [6.07, 6.45) is 1.24. The lowest BCUT2D eigenvalue weighted by Crippen LogP contribution is -2.38. The highest BCUT2D eigenvalue weighted by Gasteiger charge is 2.29. The van der Waals surface area contributed by atoms with E-state index in [1.807, 2.05) is 0 Å². The number of para-hydroxylation sites is 1. The molecular weight excluding hydrogens is 444 g/mol. The summed E-state index contributed by atoms with van der Waals surface area (Å²) in [5.41, 5.74) is 0.318. The predicted octanol–water partition coefficient (Wildman–Crippen LogP) is 2.60. The number of carbonyl (C=O) groups is 1. The van der Waals surface area contributed by atoms with Gasteiger partial charge < -0.3 is 9.47 Å². The maximum atomic E-state index is 13.2. The summed E-state index contributed by atoms with van der Waals surface area (Å²) in [7, 11) is -6.56. The standard InChI is InChI=1S/C20H24N2O7S2/c1-3-29-18-11-10-15(22-12-6-7-13-30(22,24)25)14-19(18)31(26,27)21-17-9-5-4-8-16(17)20(23)28-2/h4-5,8-11,14,21H,3,6-7,12-13H2,1-2H3. The zero-order valence-corrected chi connectivity index (χ0v) is 18.8. The molecule has 0 amide bonds. The van der Waals surface area contributed by atoms with Gasteiger partial charge in [-0.05, 0) is 50.1 Å². The Balaban J connectivity index is 2.06. The number of methoxy groups -OCH3 is 1. The number of esters is 1. The molecular formula is C20H24N2O7S2. The molecule has 0 atom stereocenters. The van der Waals surface area contributed by atoms with Gasteiger partial charge in [-0.25, -0.2) is 21.6 Å². The first-order valence-electron chi connectivity index (χ1n) is 9.67. The molecule has 9 nitrogen and oxygen atoms in total. The van der Waals surface area contributed by atoms with Crippen LogP contribution >= 0.6 is 0 Å². The van der Waals surface area contributed by atoms with Gasteiger partial charge in [0.1, 0.15) is 10.6 Å². The fourth-order valence-corrected chi connectivity index (χ4v) is 6.15. The van der Waals surface area contributed by atoms with E-state index in [2.05, 4.69) is 4.72 Å². The molecule has 0 bridgehead atoms. The van der Waals surface area contributed by atoms with Crippen LogP contribution in [0.5, 0.6) is 5.75 Å². The van der Waals surface area contributed by atoms with E-state index in [-0.39, 0.29) is 46.5 Å². The Morgan fingerprint density at radius 3 is 2.58 bits per heavy atom. The van der Waals surface area contributed by atoms with E-state index in [1.54, 1.807) is 19.1 Å². The van der Waals surface area contributed by atoms with Gasteiger partial charge in [0, 0.05) is 6.54 Å². The Hall–Kier alpha value is -2.79. The van der Waals surface area contributed by atoms with Crippen LogP contribution in [0.1, 0.15) is 30.1 Å². The Bertz CT molecular complexity index is 1180. The molecule has 0 aromatic heterocycles. The molecule has 1 fully saturated rings. The summed E-state index contributed by atoms with van der Waals surface area (Å²) in [6, 6.07) is 10.3. The summed E-state index contributed by atoms with van der Waals surface area (Å²) in [6.45, 7) is 2.19. The average molecular weight is 469 g/mol. The first-order valence-corrected chi connectivity index (χ1v) is 12.8. The molecule has 1 aliphatic heterocycles. The first kappa shape index (κ1) is 22.9. The second-order valence-corrected chi connectivity index (χ2v) is 10.5. The SMILES string of the molecule is CCOc1ccc(N2CCCCS2(=O)=O)cc1S(=O)(=O)Nc1ccccc1C(=O)OC. The molecule has 0 aliphatic carbocycles. The lowest BCUT2D eigenvalue weighted by atomic mass is 10.2. The number of ether oxygens (including phenoxy) is 2. The molecule has 0 spiro atoms. The summed E-state index contributed by atoms with van der Waals surface area (Å²) in [5.74, 6) is -0.618. The van der Waals surface area contributed by atoms with E-state index >= 15 is 0 Å². The molecule has 3 rings (SSSR count). The van der Waals surface area contributed by atoms with Crippen molar-refractivity contribution < 1.29 is 31.1 Å². The minimum Gasteiger partial charge on any atom is -0.492 e. The molecule has 1 heterocycles. The maximum absolute atomic E-state index is 13.2. The second kappa shape index (κ2) is 9.15. The number of anilines is 2. The van der Waals surface area contributed by atoms with Gasteiger partial charge in [-0.3, -0.25) is 9.03 Å². The molecule has 11 heteroatoms. The average Bonchev–Trinajstić information content (AvgIpc) is 2.73. The van der Waals surface area contributed by atoms with Gasteiger partial charge in [-0.15, -0.1) is 0 Å². The number of hydrogen-bond acceptors (Lipinski definition) is 7. The van der Waals surface area contributed by atoms with Crippen LogP contribution in [0.3, 0.4) is 0 Å². The number of rotatable bonds is 7. The first-order chi connectivity index (χ1) is 14.7. The van der Waals surface area contributed by atoms with Crippen LogP contribution in [-0.4, -0.2) is 48.8 Å². The van der Waals surface area contributed by atoms with Gasteiger partial charge in [0.25, 0.3) is 10.0 Å². The van der Waals surface area contributed by atoms with Crippen molar-refractivity contribution in [2.24, 2.45) is 0 Å². The number of nitrogens with one attached hydrogen (secondary N) is 1. The maximum Gasteiger partial charge on any atom is 0.339 e. The summed E-state index contributed by atoms with van der Waals surface area (Å²) >= 11 is 0. The molecule has 0 saturated carbocycles. The van der Waals surface area contributed by atoms with Gasteiger partial charge >= 0.3 is 5.97 Å². The number of sulfonamides is 2. The zero-order chi connectivity index (χ0) is 22.6. The number of hydrogen-bond donors (Lipinski definition) is 1. The van der Waals surface area contributed by atoms with Crippen LogP contribution in [0.15, 0.2) is 47.4 Å². The summed E-state index contributed by atoms with van der Waals surface area (Å²) in [4.78, 5) is 11.8. The fraction of sp³-hybridized carbons (Fsp3) is 0.350. The van der Waals surface area contributed by atoms with Crippen LogP contribution < -0.4 is 13.8 Å². The highest BCUT2D eigenvalue weighted by molar-refractivity contribution is 7.93. The van der Waals surface area contributed by atoms with E-state index in [0.29, 0.717) is 12.8 Å². The van der Waals surface area contributed by atoms with Gasteiger partial charge in [0.05, 0.1) is 36.4 Å². The van der Waals surface area contributed by atoms with Crippen molar-refractivity contribution in [2.45, 2.75) is 24.7 Å². The molecule has 1 aliphatic rings. The van der Waals surface area contributed by atoms with E-state index < -0.39 is 26.0 Å². The molecule has 31 heavy (non-hydrogen) atoms. The number of benzene rings is 2. The van der Waals surface area contributed by atoms with Crippen molar-refractivity contribution in [3.63, 3.8) is 0 Å². The number of carbonyl (C=O) groups excluding carboxylic acids is 1. The summed E-state index contributed by atoms with van der Waals surface area (Å²) in [5, 5.41) is 0. The Labute approximate surface area is 182 Å². The minimum atomic E-state index is -4.23. The molecule has 0 unspecified atom stereocenters. The van der Waals surface area contributed by atoms with E-state index in [4.69, 9.17) is 9.47 Å². The van der Waals surface area contributed by atoms with E-state index in [1.165, 1.54) is 41.7 Å². The molecule has 168 valence electrons. The molecule has 1 N–H and O–H groups in total. The van der Waals surface area contributed by atoms with Gasteiger partial charge in [0.2, 0.25) is 10.0 Å². The van der Waals surface area contributed by atoms with E-state index in [0.717, 1.165) is 0 Å². The minimum absolute atomic E-state index is 0.00699. The van der Waals surface area contributed by atoms with Crippen LogP contribution in [0, 0.1) is 0 Å². The van der Waals surface area contributed by atoms with Crippen LogP contribution in [0.4, 0.5) is 11.4 Å². The third-order valence-corrected chi connectivity index (χ3v) is 7.99. The second-order valence-electron chi connectivity index (χ2n) is 6.80. The topological polar surface area (TPSA) is 119 Å². The van der Waals surface area contributed by atoms with Crippen molar-refractivity contribution >= 4 is 37.4 Å². The van der Waals surface area contributed by atoms with Crippen molar-refractivity contribution in [3.8, 4) is 5.75 Å². The van der Waals surface area contributed by atoms with E-state index in [9.17, 15) is 21.6 Å².